The molecular weight excluding hydrogens is 242 g/mol. The molecule has 0 fully saturated rings. The van der Waals surface area contributed by atoms with Gasteiger partial charge in [-0.1, -0.05) is 17.8 Å². The molecular formula is C14H17N3S. The van der Waals surface area contributed by atoms with Crippen LogP contribution in [-0.2, 0) is 6.42 Å². The van der Waals surface area contributed by atoms with E-state index in [2.05, 4.69) is 35.1 Å². The average molecular weight is 259 g/mol. The fourth-order valence-electron chi connectivity index (χ4n) is 1.77. The molecule has 0 saturated heterocycles. The maximum absolute atomic E-state index is 5.83. The molecule has 4 heteroatoms. The van der Waals surface area contributed by atoms with E-state index < -0.39 is 0 Å². The van der Waals surface area contributed by atoms with Crippen molar-refractivity contribution in [1.29, 1.82) is 0 Å². The number of aromatic nitrogens is 2. The zero-order valence-corrected chi connectivity index (χ0v) is 11.4. The Bertz CT molecular complexity index is 512. The lowest BCUT2D eigenvalue weighted by atomic mass is 10.0. The van der Waals surface area contributed by atoms with E-state index in [0.717, 1.165) is 11.4 Å². The van der Waals surface area contributed by atoms with Crippen molar-refractivity contribution in [2.24, 2.45) is 5.73 Å². The lowest BCUT2D eigenvalue weighted by Crippen LogP contribution is -2.18. The first-order valence-electron chi connectivity index (χ1n) is 5.94. The molecule has 1 atom stereocenters. The topological polar surface area (TPSA) is 51.8 Å². The van der Waals surface area contributed by atoms with E-state index in [9.17, 15) is 0 Å². The third-order valence-electron chi connectivity index (χ3n) is 2.62. The maximum Gasteiger partial charge on any atom is 0.119 e. The molecule has 0 aliphatic heterocycles. The van der Waals surface area contributed by atoms with E-state index >= 15 is 0 Å². The molecule has 2 rings (SSSR count). The van der Waals surface area contributed by atoms with Crippen LogP contribution < -0.4 is 5.73 Å². The zero-order valence-electron chi connectivity index (χ0n) is 10.6. The minimum absolute atomic E-state index is 0.196. The summed E-state index contributed by atoms with van der Waals surface area (Å²) in [5.41, 5.74) is 8.42. The lowest BCUT2D eigenvalue weighted by molar-refractivity contribution is 0.734. The van der Waals surface area contributed by atoms with Crippen LogP contribution in [0.15, 0.2) is 46.7 Å². The van der Waals surface area contributed by atoms with Crippen molar-refractivity contribution >= 4 is 11.8 Å². The number of rotatable bonds is 4. The maximum atomic E-state index is 5.83. The molecule has 18 heavy (non-hydrogen) atoms. The second kappa shape index (κ2) is 5.98. The van der Waals surface area contributed by atoms with E-state index in [-0.39, 0.29) is 6.04 Å². The molecule has 0 aliphatic rings. The van der Waals surface area contributed by atoms with Crippen molar-refractivity contribution in [2.45, 2.75) is 36.2 Å². The summed E-state index contributed by atoms with van der Waals surface area (Å²) in [5.74, 6) is 0. The number of aryl methyl sites for hydroxylation is 1. The molecule has 0 saturated carbocycles. The van der Waals surface area contributed by atoms with Gasteiger partial charge in [-0.25, -0.2) is 4.98 Å². The highest BCUT2D eigenvalue weighted by atomic mass is 32.2. The Morgan fingerprint density at radius 2 is 2.17 bits per heavy atom. The van der Waals surface area contributed by atoms with Crippen LogP contribution in [0.25, 0.3) is 0 Å². The summed E-state index contributed by atoms with van der Waals surface area (Å²) >= 11 is 1.62. The molecule has 0 bridgehead atoms. The number of nitrogens with two attached hydrogens (primary N) is 1. The average Bonchev–Trinajstić information content (AvgIpc) is 2.33. The van der Waals surface area contributed by atoms with Gasteiger partial charge in [0.1, 0.15) is 5.03 Å². The van der Waals surface area contributed by atoms with E-state index in [1.165, 1.54) is 16.0 Å². The van der Waals surface area contributed by atoms with E-state index in [4.69, 9.17) is 5.73 Å². The fourth-order valence-corrected chi connectivity index (χ4v) is 2.61. The Labute approximate surface area is 112 Å². The van der Waals surface area contributed by atoms with Gasteiger partial charge in [0.05, 0.1) is 6.20 Å². The van der Waals surface area contributed by atoms with Crippen LogP contribution in [0.2, 0.25) is 0 Å². The molecule has 0 radical (unpaired) electrons. The second-order valence-corrected chi connectivity index (χ2v) is 5.51. The fraction of sp³-hybridized carbons (Fsp3) is 0.286. The quantitative estimate of drug-likeness (QED) is 0.917. The lowest BCUT2D eigenvalue weighted by Gasteiger charge is -2.10. The third kappa shape index (κ3) is 3.55. The Morgan fingerprint density at radius 3 is 2.78 bits per heavy atom. The monoisotopic (exact) mass is 259 g/mol. The first-order valence-corrected chi connectivity index (χ1v) is 6.76. The Kier molecular flexibility index (Phi) is 4.33. The van der Waals surface area contributed by atoms with Gasteiger partial charge in [-0.2, -0.15) is 0 Å². The van der Waals surface area contributed by atoms with Gasteiger partial charge < -0.3 is 5.73 Å². The van der Waals surface area contributed by atoms with Crippen molar-refractivity contribution < 1.29 is 0 Å². The molecule has 1 unspecified atom stereocenters. The van der Waals surface area contributed by atoms with Gasteiger partial charge in [-0.05, 0) is 43.5 Å². The minimum atomic E-state index is 0.196. The van der Waals surface area contributed by atoms with Gasteiger partial charge in [-0.3, -0.25) is 4.98 Å². The van der Waals surface area contributed by atoms with Crippen molar-refractivity contribution in [3.63, 3.8) is 0 Å². The molecule has 0 amide bonds. The predicted molar refractivity (Wildman–Crippen MR) is 74.7 cm³/mol. The summed E-state index contributed by atoms with van der Waals surface area (Å²) in [5, 5.41) is 0.914. The van der Waals surface area contributed by atoms with E-state index in [0.29, 0.717) is 0 Å². The molecule has 1 aromatic heterocycles. The summed E-state index contributed by atoms with van der Waals surface area (Å²) in [4.78, 5) is 9.50. The van der Waals surface area contributed by atoms with E-state index in [1.54, 1.807) is 30.4 Å². The van der Waals surface area contributed by atoms with Crippen LogP contribution in [0.4, 0.5) is 0 Å². The zero-order chi connectivity index (χ0) is 13.0. The molecule has 0 spiro atoms. The molecule has 0 aliphatic carbocycles. The summed E-state index contributed by atoms with van der Waals surface area (Å²) in [6, 6.07) is 6.64. The number of hydrogen-bond donors (Lipinski definition) is 1. The SMILES string of the molecule is Cc1cc(Sc2cnccn2)ccc1CC(C)N. The minimum Gasteiger partial charge on any atom is -0.328 e. The van der Waals surface area contributed by atoms with Gasteiger partial charge in [0.25, 0.3) is 0 Å². The summed E-state index contributed by atoms with van der Waals surface area (Å²) < 4.78 is 0. The van der Waals surface area contributed by atoms with Crippen molar-refractivity contribution in [1.82, 2.24) is 9.97 Å². The molecule has 3 nitrogen and oxygen atoms in total. The standard InChI is InChI=1S/C14H17N3S/c1-10-7-13(4-3-12(10)8-11(2)15)18-14-9-16-5-6-17-14/h3-7,9,11H,8,15H2,1-2H3. The normalized spacial score (nSPS) is 12.4. The first kappa shape index (κ1) is 13.1. The molecule has 2 N–H and O–H groups in total. The Morgan fingerprint density at radius 1 is 1.33 bits per heavy atom. The Balaban J connectivity index is 2.14. The van der Waals surface area contributed by atoms with Crippen LogP contribution in [-0.4, -0.2) is 16.0 Å². The third-order valence-corrected chi connectivity index (χ3v) is 3.53. The second-order valence-electron chi connectivity index (χ2n) is 4.42. The molecule has 1 aromatic carbocycles. The number of benzene rings is 1. The van der Waals surface area contributed by atoms with Gasteiger partial charge in [0.15, 0.2) is 0 Å². The van der Waals surface area contributed by atoms with Gasteiger partial charge in [0.2, 0.25) is 0 Å². The predicted octanol–water partition coefficient (Wildman–Crippen LogP) is 2.83. The molecule has 1 heterocycles. The first-order chi connectivity index (χ1) is 8.65. The summed E-state index contributed by atoms with van der Waals surface area (Å²) in [6.45, 7) is 4.15. The van der Waals surface area contributed by atoms with E-state index in [1.807, 2.05) is 6.92 Å². The molecule has 2 aromatic rings. The van der Waals surface area contributed by atoms with Gasteiger partial charge >= 0.3 is 0 Å². The molecule has 94 valence electrons. The van der Waals surface area contributed by atoms with Crippen LogP contribution in [0.5, 0.6) is 0 Å². The van der Waals surface area contributed by atoms with Crippen LogP contribution in [0.1, 0.15) is 18.1 Å². The number of hydrogen-bond acceptors (Lipinski definition) is 4. The van der Waals surface area contributed by atoms with Crippen LogP contribution in [0, 0.1) is 6.92 Å². The van der Waals surface area contributed by atoms with Crippen LogP contribution in [0.3, 0.4) is 0 Å². The largest absolute Gasteiger partial charge is 0.328 e. The van der Waals surface area contributed by atoms with Crippen LogP contribution >= 0.6 is 11.8 Å². The van der Waals surface area contributed by atoms with Gasteiger partial charge in [-0.15, -0.1) is 0 Å². The smallest absolute Gasteiger partial charge is 0.119 e. The van der Waals surface area contributed by atoms with Gasteiger partial charge in [0, 0.05) is 23.3 Å². The summed E-state index contributed by atoms with van der Waals surface area (Å²) in [7, 11) is 0. The highest BCUT2D eigenvalue weighted by Crippen LogP contribution is 2.27. The van der Waals surface area contributed by atoms with Crippen molar-refractivity contribution in [3.8, 4) is 0 Å². The highest BCUT2D eigenvalue weighted by Gasteiger charge is 2.04. The van der Waals surface area contributed by atoms with Crippen molar-refractivity contribution in [3.05, 3.63) is 47.9 Å². The Hall–Kier alpha value is -1.39. The number of nitrogens with zero attached hydrogens (tertiary/aromatic N) is 2. The summed E-state index contributed by atoms with van der Waals surface area (Å²) in [6.07, 6.45) is 6.08. The van der Waals surface area contributed by atoms with Crippen molar-refractivity contribution in [2.75, 3.05) is 0 Å². The highest BCUT2D eigenvalue weighted by molar-refractivity contribution is 7.99.